The summed E-state index contributed by atoms with van der Waals surface area (Å²) in [5, 5.41) is 7.31. The Hall–Kier alpha value is -2.78. The molecule has 0 saturated carbocycles. The number of anilines is 1. The molecule has 9 heteroatoms. The SMILES string of the molecule is CCCOCCn1c(=O)c(NCCC2CCOCC2)nc2ccc(-c3c(C)noc3C)nc21. The largest absolute Gasteiger partial charge is 0.381 e. The summed E-state index contributed by atoms with van der Waals surface area (Å²) >= 11 is 0. The zero-order chi connectivity index (χ0) is 23.2. The van der Waals surface area contributed by atoms with Crippen molar-refractivity contribution in [3.8, 4) is 11.3 Å². The fourth-order valence-corrected chi connectivity index (χ4v) is 4.26. The monoisotopic (exact) mass is 455 g/mol. The molecule has 4 heterocycles. The maximum Gasteiger partial charge on any atom is 0.295 e. The van der Waals surface area contributed by atoms with Crippen LogP contribution in [0.1, 0.15) is 44.1 Å². The Labute approximate surface area is 193 Å². The highest BCUT2D eigenvalue weighted by Gasteiger charge is 2.18. The summed E-state index contributed by atoms with van der Waals surface area (Å²) in [6.07, 6.45) is 4.06. The molecule has 33 heavy (non-hydrogen) atoms. The van der Waals surface area contributed by atoms with Gasteiger partial charge in [0, 0.05) is 26.4 Å². The van der Waals surface area contributed by atoms with Crippen LogP contribution in [0, 0.1) is 19.8 Å². The summed E-state index contributed by atoms with van der Waals surface area (Å²) in [5.74, 6) is 1.67. The van der Waals surface area contributed by atoms with Crippen LogP contribution in [-0.4, -0.2) is 52.7 Å². The van der Waals surface area contributed by atoms with Gasteiger partial charge in [-0.3, -0.25) is 9.36 Å². The Morgan fingerprint density at radius 2 is 2.00 bits per heavy atom. The summed E-state index contributed by atoms with van der Waals surface area (Å²) in [5.41, 5.74) is 3.33. The smallest absolute Gasteiger partial charge is 0.295 e. The van der Waals surface area contributed by atoms with Gasteiger partial charge < -0.3 is 19.3 Å². The van der Waals surface area contributed by atoms with E-state index in [0.717, 1.165) is 50.2 Å². The third-order valence-corrected chi connectivity index (χ3v) is 6.07. The summed E-state index contributed by atoms with van der Waals surface area (Å²) in [4.78, 5) is 22.8. The Morgan fingerprint density at radius 1 is 1.18 bits per heavy atom. The van der Waals surface area contributed by atoms with Gasteiger partial charge in [0.25, 0.3) is 5.56 Å². The highest BCUT2D eigenvalue weighted by atomic mass is 16.5. The van der Waals surface area contributed by atoms with E-state index in [2.05, 4.69) is 22.4 Å². The molecule has 1 aliphatic rings. The quantitative estimate of drug-likeness (QED) is 0.461. The molecule has 1 saturated heterocycles. The van der Waals surface area contributed by atoms with Crippen LogP contribution in [0.4, 0.5) is 5.82 Å². The molecule has 3 aromatic rings. The van der Waals surface area contributed by atoms with E-state index in [1.54, 1.807) is 4.57 Å². The van der Waals surface area contributed by atoms with Gasteiger partial charge in [-0.25, -0.2) is 9.97 Å². The molecule has 0 bridgehead atoms. The lowest BCUT2D eigenvalue weighted by Crippen LogP contribution is -2.28. The van der Waals surface area contributed by atoms with Crippen LogP contribution in [0.2, 0.25) is 0 Å². The molecule has 1 fully saturated rings. The number of pyridine rings is 1. The van der Waals surface area contributed by atoms with Crippen molar-refractivity contribution in [2.75, 3.05) is 38.3 Å². The number of hydrogen-bond acceptors (Lipinski definition) is 8. The zero-order valence-electron chi connectivity index (χ0n) is 19.7. The van der Waals surface area contributed by atoms with Crippen LogP contribution in [0.5, 0.6) is 0 Å². The van der Waals surface area contributed by atoms with Gasteiger partial charge in [0.2, 0.25) is 0 Å². The number of aromatic nitrogens is 4. The van der Waals surface area contributed by atoms with E-state index < -0.39 is 0 Å². The van der Waals surface area contributed by atoms with Crippen molar-refractivity contribution in [2.24, 2.45) is 5.92 Å². The first-order valence-electron chi connectivity index (χ1n) is 11.8. The third kappa shape index (κ3) is 5.42. The zero-order valence-corrected chi connectivity index (χ0v) is 19.7. The number of nitrogens with zero attached hydrogens (tertiary/aromatic N) is 4. The van der Waals surface area contributed by atoms with E-state index in [1.165, 1.54) is 0 Å². The Bertz CT molecular complexity index is 1110. The second-order valence-corrected chi connectivity index (χ2v) is 8.54. The van der Waals surface area contributed by atoms with Crippen LogP contribution < -0.4 is 10.9 Å². The molecule has 0 amide bonds. The topological polar surface area (TPSA) is 104 Å². The van der Waals surface area contributed by atoms with Crippen molar-refractivity contribution in [3.63, 3.8) is 0 Å². The molecule has 4 rings (SSSR count). The number of rotatable bonds is 10. The molecule has 178 valence electrons. The molecule has 0 spiro atoms. The van der Waals surface area contributed by atoms with Crippen LogP contribution in [0.15, 0.2) is 21.5 Å². The number of fused-ring (bicyclic) bond motifs is 1. The van der Waals surface area contributed by atoms with Gasteiger partial charge in [0.05, 0.1) is 30.1 Å². The van der Waals surface area contributed by atoms with E-state index in [9.17, 15) is 4.79 Å². The van der Waals surface area contributed by atoms with Gasteiger partial charge in [0.15, 0.2) is 11.5 Å². The van der Waals surface area contributed by atoms with Crippen LogP contribution in [0.3, 0.4) is 0 Å². The molecule has 0 aromatic carbocycles. The molecule has 0 atom stereocenters. The molecule has 1 aliphatic heterocycles. The Balaban J connectivity index is 1.64. The van der Waals surface area contributed by atoms with Gasteiger partial charge in [0.1, 0.15) is 11.3 Å². The number of hydrogen-bond donors (Lipinski definition) is 1. The van der Waals surface area contributed by atoms with Crippen molar-refractivity contribution in [1.29, 1.82) is 0 Å². The van der Waals surface area contributed by atoms with E-state index in [1.807, 2.05) is 26.0 Å². The van der Waals surface area contributed by atoms with Gasteiger partial charge in [-0.1, -0.05) is 12.1 Å². The molecule has 0 aliphatic carbocycles. The van der Waals surface area contributed by atoms with Gasteiger partial charge >= 0.3 is 0 Å². The normalized spacial score (nSPS) is 14.8. The fraction of sp³-hybridized carbons (Fsp3) is 0.583. The lowest BCUT2D eigenvalue weighted by molar-refractivity contribution is 0.0649. The lowest BCUT2D eigenvalue weighted by atomic mass is 9.97. The molecule has 0 radical (unpaired) electrons. The first-order chi connectivity index (χ1) is 16.1. The summed E-state index contributed by atoms with van der Waals surface area (Å²) in [7, 11) is 0. The third-order valence-electron chi connectivity index (χ3n) is 6.07. The van der Waals surface area contributed by atoms with Gasteiger partial charge in [-0.05, 0) is 57.6 Å². The molecule has 3 aromatic heterocycles. The molecular formula is C24H33N5O4. The molecular weight excluding hydrogens is 422 g/mol. The second-order valence-electron chi connectivity index (χ2n) is 8.54. The summed E-state index contributed by atoms with van der Waals surface area (Å²) in [6, 6.07) is 3.80. The van der Waals surface area contributed by atoms with E-state index in [-0.39, 0.29) is 5.56 Å². The number of aryl methyl sites for hydroxylation is 2. The van der Waals surface area contributed by atoms with Crippen LogP contribution >= 0.6 is 0 Å². The van der Waals surface area contributed by atoms with Crippen LogP contribution in [0.25, 0.3) is 22.4 Å². The molecule has 1 N–H and O–H groups in total. The minimum Gasteiger partial charge on any atom is -0.381 e. The second kappa shape index (κ2) is 10.9. The maximum absolute atomic E-state index is 13.4. The highest BCUT2D eigenvalue weighted by molar-refractivity contribution is 5.77. The lowest BCUT2D eigenvalue weighted by Gasteiger charge is -2.22. The van der Waals surface area contributed by atoms with E-state index in [4.69, 9.17) is 19.0 Å². The minimum absolute atomic E-state index is 0.182. The van der Waals surface area contributed by atoms with E-state index in [0.29, 0.717) is 60.7 Å². The van der Waals surface area contributed by atoms with Crippen molar-refractivity contribution in [1.82, 2.24) is 19.7 Å². The molecule has 0 unspecified atom stereocenters. The summed E-state index contributed by atoms with van der Waals surface area (Å²) < 4.78 is 18.1. The van der Waals surface area contributed by atoms with Gasteiger partial charge in [-0.2, -0.15) is 0 Å². The molecule has 9 nitrogen and oxygen atoms in total. The first-order valence-corrected chi connectivity index (χ1v) is 11.8. The van der Waals surface area contributed by atoms with E-state index >= 15 is 0 Å². The maximum atomic E-state index is 13.4. The van der Waals surface area contributed by atoms with Gasteiger partial charge in [-0.15, -0.1) is 0 Å². The van der Waals surface area contributed by atoms with Crippen LogP contribution in [-0.2, 0) is 16.0 Å². The first kappa shape index (κ1) is 23.4. The number of nitrogens with one attached hydrogen (secondary N) is 1. The Morgan fingerprint density at radius 3 is 2.73 bits per heavy atom. The minimum atomic E-state index is -0.182. The average molecular weight is 456 g/mol. The Kier molecular flexibility index (Phi) is 7.72. The highest BCUT2D eigenvalue weighted by Crippen LogP contribution is 2.26. The predicted octanol–water partition coefficient (Wildman–Crippen LogP) is 3.72. The van der Waals surface area contributed by atoms with Crippen molar-refractivity contribution in [2.45, 2.75) is 53.0 Å². The van der Waals surface area contributed by atoms with Crippen molar-refractivity contribution in [3.05, 3.63) is 33.9 Å². The average Bonchev–Trinajstić information content (AvgIpc) is 3.16. The van der Waals surface area contributed by atoms with Crippen molar-refractivity contribution >= 4 is 17.0 Å². The van der Waals surface area contributed by atoms with Crippen molar-refractivity contribution < 1.29 is 14.0 Å². The standard InChI is InChI=1S/C24H33N5O4/c1-4-12-31-15-11-29-23-20(6-5-19(27-23)21-16(2)28-33-17(21)3)26-22(24(29)30)25-10-7-18-8-13-32-14-9-18/h5-6,18H,4,7-15H2,1-3H3,(H,25,26). The summed E-state index contributed by atoms with van der Waals surface area (Å²) in [6.45, 7) is 9.65. The predicted molar refractivity (Wildman–Crippen MR) is 127 cm³/mol. The fourth-order valence-electron chi connectivity index (χ4n) is 4.26. The number of ether oxygens (including phenoxy) is 2.